The number of carbonyl (C=O) groups is 3. The van der Waals surface area contributed by atoms with Gasteiger partial charge < -0.3 is 10.4 Å². The number of benzene rings is 2. The molecule has 24 heavy (non-hydrogen) atoms. The number of carbonyl (C=O) groups excluding carboxylic acids is 3. The van der Waals surface area contributed by atoms with E-state index in [-0.39, 0.29) is 11.7 Å². The number of fused-ring (bicyclic) bond motifs is 1. The monoisotopic (exact) mass is 324 g/mol. The number of nitrogens with zero attached hydrogens (tertiary/aromatic N) is 1. The third kappa shape index (κ3) is 2.62. The Labute approximate surface area is 138 Å². The zero-order valence-electron chi connectivity index (χ0n) is 13.0. The molecule has 3 rings (SSSR count). The van der Waals surface area contributed by atoms with Gasteiger partial charge in [0.05, 0.1) is 11.3 Å². The zero-order valence-corrected chi connectivity index (χ0v) is 13.0. The number of rotatable bonds is 4. The van der Waals surface area contributed by atoms with Crippen LogP contribution in [-0.2, 0) is 9.59 Å². The van der Waals surface area contributed by atoms with Crippen molar-refractivity contribution in [2.24, 2.45) is 0 Å². The summed E-state index contributed by atoms with van der Waals surface area (Å²) in [6, 6.07) is 11.9. The van der Waals surface area contributed by atoms with Crippen LogP contribution in [0.15, 0.2) is 48.5 Å². The average molecular weight is 324 g/mol. The van der Waals surface area contributed by atoms with Gasteiger partial charge >= 0.3 is 0 Å². The maximum atomic E-state index is 12.6. The first kappa shape index (κ1) is 15.7. The van der Waals surface area contributed by atoms with Gasteiger partial charge in [-0.2, -0.15) is 0 Å². The van der Waals surface area contributed by atoms with E-state index in [1.807, 2.05) is 0 Å². The summed E-state index contributed by atoms with van der Waals surface area (Å²) in [7, 11) is 0. The molecular weight excluding hydrogens is 308 g/mol. The van der Waals surface area contributed by atoms with Crippen molar-refractivity contribution in [2.45, 2.75) is 19.4 Å². The molecule has 2 N–H and O–H groups in total. The molecule has 0 fully saturated rings. The van der Waals surface area contributed by atoms with E-state index in [1.165, 1.54) is 17.0 Å². The van der Waals surface area contributed by atoms with Gasteiger partial charge in [0.25, 0.3) is 11.7 Å². The molecule has 2 amide bonds. The van der Waals surface area contributed by atoms with Crippen molar-refractivity contribution in [3.8, 4) is 5.75 Å². The van der Waals surface area contributed by atoms with Gasteiger partial charge in [0.1, 0.15) is 11.8 Å². The van der Waals surface area contributed by atoms with Crippen LogP contribution in [0, 0.1) is 0 Å². The summed E-state index contributed by atoms with van der Waals surface area (Å²) >= 11 is 0. The maximum absolute atomic E-state index is 12.6. The topological polar surface area (TPSA) is 86.7 Å². The van der Waals surface area contributed by atoms with E-state index in [0.717, 1.165) is 0 Å². The van der Waals surface area contributed by atoms with Gasteiger partial charge in [-0.3, -0.25) is 19.3 Å². The van der Waals surface area contributed by atoms with Gasteiger partial charge in [-0.25, -0.2) is 0 Å². The highest BCUT2D eigenvalue weighted by atomic mass is 16.3. The zero-order chi connectivity index (χ0) is 17.3. The summed E-state index contributed by atoms with van der Waals surface area (Å²) in [6.07, 6.45) is 0.358. The molecule has 6 nitrogen and oxygen atoms in total. The molecule has 1 aliphatic heterocycles. The van der Waals surface area contributed by atoms with E-state index in [0.29, 0.717) is 23.4 Å². The summed E-state index contributed by atoms with van der Waals surface area (Å²) in [4.78, 5) is 38.3. The quantitative estimate of drug-likeness (QED) is 0.667. The van der Waals surface area contributed by atoms with Crippen molar-refractivity contribution in [1.29, 1.82) is 0 Å². The van der Waals surface area contributed by atoms with Crippen molar-refractivity contribution < 1.29 is 19.5 Å². The maximum Gasteiger partial charge on any atom is 0.300 e. The molecule has 0 aromatic heterocycles. The lowest BCUT2D eigenvalue weighted by Gasteiger charge is -2.26. The number of amides is 2. The fourth-order valence-electron chi connectivity index (χ4n) is 2.77. The molecule has 1 aliphatic rings. The SMILES string of the molecule is CCC(C(=O)Nc1ccc(O)cc1)N1C(=O)C(=O)c2ccccc21. The second kappa shape index (κ2) is 6.16. The van der Waals surface area contributed by atoms with Crippen LogP contribution in [0.4, 0.5) is 11.4 Å². The Hall–Kier alpha value is -3.15. The van der Waals surface area contributed by atoms with E-state index in [2.05, 4.69) is 5.32 Å². The smallest absolute Gasteiger partial charge is 0.300 e. The molecule has 0 saturated carbocycles. The van der Waals surface area contributed by atoms with Crippen LogP contribution in [0.1, 0.15) is 23.7 Å². The predicted octanol–water partition coefficient (Wildman–Crippen LogP) is 2.34. The summed E-state index contributed by atoms with van der Waals surface area (Å²) < 4.78 is 0. The van der Waals surface area contributed by atoms with Crippen LogP contribution in [0.25, 0.3) is 0 Å². The van der Waals surface area contributed by atoms with Gasteiger partial charge in [0.15, 0.2) is 0 Å². The number of Topliss-reactive ketones (excluding diaryl/α,β-unsaturated/α-hetero) is 1. The fourth-order valence-corrected chi connectivity index (χ4v) is 2.77. The molecule has 0 saturated heterocycles. The van der Waals surface area contributed by atoms with Crippen molar-refractivity contribution in [3.63, 3.8) is 0 Å². The van der Waals surface area contributed by atoms with Crippen LogP contribution < -0.4 is 10.2 Å². The van der Waals surface area contributed by atoms with E-state index in [4.69, 9.17) is 0 Å². The third-order valence-electron chi connectivity index (χ3n) is 3.96. The molecule has 0 radical (unpaired) electrons. The Morgan fingerprint density at radius 2 is 1.79 bits per heavy atom. The van der Waals surface area contributed by atoms with Crippen LogP contribution >= 0.6 is 0 Å². The molecule has 2 aromatic rings. The standard InChI is InChI=1S/C18H16N2O4/c1-2-14(17(23)19-11-7-9-12(21)10-8-11)20-15-6-4-3-5-13(15)16(22)18(20)24/h3-10,14,21H,2H2,1H3,(H,19,23). The highest BCUT2D eigenvalue weighted by Gasteiger charge is 2.41. The van der Waals surface area contributed by atoms with Crippen molar-refractivity contribution >= 4 is 29.0 Å². The number of anilines is 2. The number of nitrogens with one attached hydrogen (secondary N) is 1. The summed E-state index contributed by atoms with van der Waals surface area (Å²) in [5.74, 6) is -1.58. The lowest BCUT2D eigenvalue weighted by atomic mass is 10.1. The highest BCUT2D eigenvalue weighted by Crippen LogP contribution is 2.31. The van der Waals surface area contributed by atoms with Gasteiger partial charge in [-0.05, 0) is 42.8 Å². The minimum Gasteiger partial charge on any atom is -0.508 e. The minimum absolute atomic E-state index is 0.0919. The Morgan fingerprint density at radius 3 is 2.46 bits per heavy atom. The third-order valence-corrected chi connectivity index (χ3v) is 3.96. The summed E-state index contributed by atoms with van der Waals surface area (Å²) in [5.41, 5.74) is 1.28. The first-order valence-electron chi connectivity index (χ1n) is 7.59. The molecular formula is C18H16N2O4. The number of hydrogen-bond acceptors (Lipinski definition) is 4. The lowest BCUT2D eigenvalue weighted by Crippen LogP contribution is -2.46. The molecule has 122 valence electrons. The first-order valence-corrected chi connectivity index (χ1v) is 7.59. The Bertz CT molecular complexity index is 814. The van der Waals surface area contributed by atoms with Crippen LogP contribution in [0.2, 0.25) is 0 Å². The number of para-hydroxylation sites is 1. The highest BCUT2D eigenvalue weighted by molar-refractivity contribution is 6.52. The minimum atomic E-state index is -0.793. The molecule has 0 bridgehead atoms. The molecule has 6 heteroatoms. The fraction of sp³-hybridized carbons (Fsp3) is 0.167. The summed E-state index contributed by atoms with van der Waals surface area (Å²) in [6.45, 7) is 1.78. The number of hydrogen-bond donors (Lipinski definition) is 2. The average Bonchev–Trinajstić information content (AvgIpc) is 2.83. The van der Waals surface area contributed by atoms with Gasteiger partial charge in [-0.1, -0.05) is 19.1 Å². The van der Waals surface area contributed by atoms with Crippen molar-refractivity contribution in [3.05, 3.63) is 54.1 Å². The van der Waals surface area contributed by atoms with E-state index in [1.54, 1.807) is 43.3 Å². The number of aromatic hydroxyl groups is 1. The molecule has 0 spiro atoms. The number of phenols is 1. The molecule has 1 unspecified atom stereocenters. The van der Waals surface area contributed by atoms with Gasteiger partial charge in [0, 0.05) is 5.69 Å². The second-order valence-corrected chi connectivity index (χ2v) is 5.48. The number of phenolic OH excluding ortho intramolecular Hbond substituents is 1. The second-order valence-electron chi connectivity index (χ2n) is 5.48. The Kier molecular flexibility index (Phi) is 4.04. The van der Waals surface area contributed by atoms with Crippen LogP contribution in [0.3, 0.4) is 0 Å². The van der Waals surface area contributed by atoms with E-state index in [9.17, 15) is 19.5 Å². The lowest BCUT2D eigenvalue weighted by molar-refractivity contribution is -0.121. The van der Waals surface area contributed by atoms with Gasteiger partial charge in [-0.15, -0.1) is 0 Å². The molecule has 2 aromatic carbocycles. The first-order chi connectivity index (χ1) is 11.5. The Balaban J connectivity index is 1.88. The molecule has 1 atom stereocenters. The summed E-state index contributed by atoms with van der Waals surface area (Å²) in [5, 5.41) is 12.0. The van der Waals surface area contributed by atoms with Crippen LogP contribution in [0.5, 0.6) is 5.75 Å². The molecule has 0 aliphatic carbocycles. The van der Waals surface area contributed by atoms with E-state index < -0.39 is 17.7 Å². The van der Waals surface area contributed by atoms with Crippen LogP contribution in [-0.4, -0.2) is 28.7 Å². The largest absolute Gasteiger partial charge is 0.508 e. The van der Waals surface area contributed by atoms with Crippen molar-refractivity contribution in [2.75, 3.05) is 10.2 Å². The van der Waals surface area contributed by atoms with E-state index >= 15 is 0 Å². The normalized spacial score (nSPS) is 14.5. The molecule has 1 heterocycles. The van der Waals surface area contributed by atoms with Gasteiger partial charge in [0.2, 0.25) is 5.91 Å². The Morgan fingerprint density at radius 1 is 1.12 bits per heavy atom. The predicted molar refractivity (Wildman–Crippen MR) is 89.1 cm³/mol. The number of ketones is 1. The van der Waals surface area contributed by atoms with Crippen molar-refractivity contribution in [1.82, 2.24) is 0 Å².